The normalized spacial score (nSPS) is 20.8. The summed E-state index contributed by atoms with van der Waals surface area (Å²) in [4.78, 5) is 18.8. The van der Waals surface area contributed by atoms with Crippen LogP contribution in [0, 0.1) is 11.2 Å². The van der Waals surface area contributed by atoms with Crippen molar-refractivity contribution in [1.29, 1.82) is 0 Å². The molecule has 0 N–H and O–H groups in total. The number of halogens is 4. The Morgan fingerprint density at radius 3 is 2.90 bits per heavy atom. The molecule has 2 aromatic rings. The molecular formula is C19H18ClF3N2O3S. The Morgan fingerprint density at radius 1 is 1.45 bits per heavy atom. The molecule has 29 heavy (non-hydrogen) atoms. The summed E-state index contributed by atoms with van der Waals surface area (Å²) in [5, 5.41) is 1.84. The van der Waals surface area contributed by atoms with Gasteiger partial charge in [-0.25, -0.2) is 9.37 Å². The average Bonchev–Trinajstić information content (AvgIpc) is 3.25. The van der Waals surface area contributed by atoms with Crippen molar-refractivity contribution in [3.63, 3.8) is 0 Å². The summed E-state index contributed by atoms with van der Waals surface area (Å²) >= 11 is 7.02. The highest BCUT2D eigenvalue weighted by Crippen LogP contribution is 2.47. The number of benzene rings is 1. The van der Waals surface area contributed by atoms with Crippen LogP contribution in [-0.2, 0) is 9.53 Å². The first-order chi connectivity index (χ1) is 13.8. The molecule has 2 fully saturated rings. The van der Waals surface area contributed by atoms with E-state index < -0.39 is 18.5 Å². The molecule has 0 radical (unpaired) electrons. The molecule has 1 amide bonds. The SMILES string of the molecule is CC1(C(=O)N2CCO[C@@H](c3nc(-c4c(OC(F)F)ccc(Cl)c4F)cs3)C2)CC1. The lowest BCUT2D eigenvalue weighted by molar-refractivity contribution is -0.144. The number of amides is 1. The molecule has 1 aromatic heterocycles. The fourth-order valence-electron chi connectivity index (χ4n) is 3.28. The molecule has 5 nitrogen and oxygen atoms in total. The lowest BCUT2D eigenvalue weighted by Gasteiger charge is -2.33. The van der Waals surface area contributed by atoms with E-state index in [0.29, 0.717) is 24.7 Å². The molecule has 1 atom stereocenters. The van der Waals surface area contributed by atoms with Gasteiger partial charge in [0.2, 0.25) is 5.91 Å². The zero-order chi connectivity index (χ0) is 20.8. The Morgan fingerprint density at radius 2 is 2.21 bits per heavy atom. The smallest absolute Gasteiger partial charge is 0.387 e. The quantitative estimate of drug-likeness (QED) is 0.655. The number of thiazole rings is 1. The number of hydrogen-bond acceptors (Lipinski definition) is 5. The fourth-order valence-corrected chi connectivity index (χ4v) is 4.29. The van der Waals surface area contributed by atoms with Gasteiger partial charge in [-0.15, -0.1) is 11.3 Å². The van der Waals surface area contributed by atoms with Gasteiger partial charge in [0, 0.05) is 17.3 Å². The Labute approximate surface area is 174 Å². The van der Waals surface area contributed by atoms with Gasteiger partial charge in [0.1, 0.15) is 16.9 Å². The number of hydrogen-bond donors (Lipinski definition) is 0. The Balaban J connectivity index is 1.59. The fraction of sp³-hybridized carbons (Fsp3) is 0.474. The predicted molar refractivity (Wildman–Crippen MR) is 102 cm³/mol. The van der Waals surface area contributed by atoms with Crippen LogP contribution in [0.5, 0.6) is 5.75 Å². The van der Waals surface area contributed by atoms with E-state index in [1.807, 2.05) is 6.92 Å². The van der Waals surface area contributed by atoms with Gasteiger partial charge in [-0.3, -0.25) is 4.79 Å². The number of carbonyl (C=O) groups excluding carboxylic acids is 1. The minimum Gasteiger partial charge on any atom is -0.434 e. The van der Waals surface area contributed by atoms with Crippen molar-refractivity contribution in [3.05, 3.63) is 33.4 Å². The van der Waals surface area contributed by atoms with E-state index >= 15 is 0 Å². The first-order valence-corrected chi connectivity index (χ1v) is 10.3. The van der Waals surface area contributed by atoms with Gasteiger partial charge in [0.15, 0.2) is 5.82 Å². The van der Waals surface area contributed by atoms with E-state index in [-0.39, 0.29) is 33.4 Å². The van der Waals surface area contributed by atoms with Gasteiger partial charge in [-0.1, -0.05) is 18.5 Å². The van der Waals surface area contributed by atoms with Crippen LogP contribution >= 0.6 is 22.9 Å². The standard InChI is InChI=1S/C19H18ClF3N2O3S/c1-19(4-5-19)17(26)25-6-7-27-13(8-25)16-24-11(9-29-16)14-12(28-18(22)23)3-2-10(20)15(14)21/h2-3,9,13,18H,4-8H2,1H3/t13-/m1/s1. The van der Waals surface area contributed by atoms with Crippen LogP contribution < -0.4 is 4.74 Å². The molecule has 1 aliphatic heterocycles. The summed E-state index contributed by atoms with van der Waals surface area (Å²) in [5.74, 6) is -1.12. The molecule has 156 valence electrons. The second-order valence-electron chi connectivity index (χ2n) is 7.36. The van der Waals surface area contributed by atoms with Gasteiger partial charge in [0.05, 0.1) is 29.4 Å². The lowest BCUT2D eigenvalue weighted by atomic mass is 10.1. The summed E-state index contributed by atoms with van der Waals surface area (Å²) in [5.41, 5.74) is -0.377. The van der Waals surface area contributed by atoms with E-state index in [9.17, 15) is 18.0 Å². The Kier molecular flexibility index (Phi) is 5.48. The number of morpholine rings is 1. The van der Waals surface area contributed by atoms with E-state index in [4.69, 9.17) is 16.3 Å². The molecule has 1 aliphatic carbocycles. The lowest BCUT2D eigenvalue weighted by Crippen LogP contribution is -2.45. The number of ether oxygens (including phenoxy) is 2. The van der Waals surface area contributed by atoms with Crippen molar-refractivity contribution >= 4 is 28.8 Å². The van der Waals surface area contributed by atoms with Crippen LogP contribution in [0.15, 0.2) is 17.5 Å². The zero-order valence-corrected chi connectivity index (χ0v) is 17.0. The van der Waals surface area contributed by atoms with Gasteiger partial charge in [-0.05, 0) is 25.0 Å². The van der Waals surface area contributed by atoms with Gasteiger partial charge in [-0.2, -0.15) is 8.78 Å². The van der Waals surface area contributed by atoms with Gasteiger partial charge >= 0.3 is 6.61 Å². The largest absolute Gasteiger partial charge is 0.434 e. The molecule has 1 aromatic carbocycles. The van der Waals surface area contributed by atoms with Crippen molar-refractivity contribution in [2.24, 2.45) is 5.41 Å². The predicted octanol–water partition coefficient (Wildman–Crippen LogP) is 4.90. The second-order valence-corrected chi connectivity index (χ2v) is 8.65. The van der Waals surface area contributed by atoms with Crippen LogP contribution in [0.1, 0.15) is 30.9 Å². The minimum atomic E-state index is -3.11. The number of nitrogens with zero attached hydrogens (tertiary/aromatic N) is 2. The number of alkyl halides is 2. The number of carbonyl (C=O) groups is 1. The Hall–Kier alpha value is -1.84. The van der Waals surface area contributed by atoms with Crippen LogP contribution in [0.25, 0.3) is 11.3 Å². The maximum absolute atomic E-state index is 14.6. The molecule has 0 spiro atoms. The highest BCUT2D eigenvalue weighted by atomic mass is 35.5. The Bertz CT molecular complexity index is 935. The van der Waals surface area contributed by atoms with E-state index in [2.05, 4.69) is 9.72 Å². The molecule has 2 heterocycles. The van der Waals surface area contributed by atoms with Gasteiger partial charge in [0.25, 0.3) is 0 Å². The molecule has 2 aliphatic rings. The van der Waals surface area contributed by atoms with Crippen molar-refractivity contribution in [2.45, 2.75) is 32.5 Å². The maximum atomic E-state index is 14.6. The van der Waals surface area contributed by atoms with Crippen molar-refractivity contribution < 1.29 is 27.4 Å². The highest BCUT2D eigenvalue weighted by molar-refractivity contribution is 7.10. The topological polar surface area (TPSA) is 51.7 Å². The maximum Gasteiger partial charge on any atom is 0.387 e. The molecule has 1 saturated heterocycles. The van der Waals surface area contributed by atoms with Crippen LogP contribution in [0.2, 0.25) is 5.02 Å². The third-order valence-corrected chi connectivity index (χ3v) is 6.42. The van der Waals surface area contributed by atoms with E-state index in [1.54, 1.807) is 4.90 Å². The van der Waals surface area contributed by atoms with Crippen molar-refractivity contribution in [1.82, 2.24) is 9.88 Å². The van der Waals surface area contributed by atoms with E-state index in [1.165, 1.54) is 22.8 Å². The summed E-state index contributed by atoms with van der Waals surface area (Å²) < 4.78 is 50.2. The summed E-state index contributed by atoms with van der Waals surface area (Å²) in [6.07, 6.45) is 1.31. The molecular weight excluding hydrogens is 429 g/mol. The summed E-state index contributed by atoms with van der Waals surface area (Å²) in [7, 11) is 0. The molecule has 1 saturated carbocycles. The monoisotopic (exact) mass is 446 g/mol. The van der Waals surface area contributed by atoms with Crippen LogP contribution in [-0.4, -0.2) is 42.1 Å². The number of rotatable bonds is 5. The molecule has 0 unspecified atom stereocenters. The third-order valence-electron chi connectivity index (χ3n) is 5.20. The molecule has 4 rings (SSSR count). The average molecular weight is 447 g/mol. The van der Waals surface area contributed by atoms with Crippen LogP contribution in [0.4, 0.5) is 13.2 Å². The molecule has 10 heteroatoms. The summed E-state index contributed by atoms with van der Waals surface area (Å²) in [6.45, 7) is 0.0658. The first kappa shape index (κ1) is 20.4. The first-order valence-electron chi connectivity index (χ1n) is 9.08. The number of aromatic nitrogens is 1. The zero-order valence-electron chi connectivity index (χ0n) is 15.5. The highest BCUT2D eigenvalue weighted by Gasteiger charge is 2.48. The van der Waals surface area contributed by atoms with Gasteiger partial charge < -0.3 is 14.4 Å². The molecule has 0 bridgehead atoms. The van der Waals surface area contributed by atoms with Crippen molar-refractivity contribution in [2.75, 3.05) is 19.7 Å². The van der Waals surface area contributed by atoms with E-state index in [0.717, 1.165) is 18.9 Å². The van der Waals surface area contributed by atoms with Crippen molar-refractivity contribution in [3.8, 4) is 17.0 Å². The third kappa shape index (κ3) is 4.08. The minimum absolute atomic E-state index is 0.107. The van der Waals surface area contributed by atoms with Crippen LogP contribution in [0.3, 0.4) is 0 Å². The second kappa shape index (κ2) is 7.77. The summed E-state index contributed by atoms with van der Waals surface area (Å²) in [6, 6.07) is 2.33.